The Hall–Kier alpha value is -1.99. The summed E-state index contributed by atoms with van der Waals surface area (Å²) in [5, 5.41) is 20.7. The number of phosphoric ester groups is 1. The monoisotopic (exact) mass is 507 g/mol. The van der Waals surface area contributed by atoms with Gasteiger partial charge in [-0.05, 0) is 12.1 Å². The van der Waals surface area contributed by atoms with Crippen molar-refractivity contribution in [3.63, 3.8) is 0 Å². The van der Waals surface area contributed by atoms with E-state index in [1.165, 1.54) is 6.20 Å². The molecule has 1 fully saturated rings. The van der Waals surface area contributed by atoms with Crippen molar-refractivity contribution in [1.82, 2.24) is 14.1 Å². The molecular formula is C17H23N3O11P2. The van der Waals surface area contributed by atoms with Gasteiger partial charge < -0.3 is 19.8 Å². The van der Waals surface area contributed by atoms with Crippen molar-refractivity contribution >= 4 is 15.4 Å². The third-order valence-corrected chi connectivity index (χ3v) is 7.55. The molecule has 0 aliphatic carbocycles. The zero-order valence-corrected chi connectivity index (χ0v) is 19.3. The molecule has 182 valence electrons. The van der Waals surface area contributed by atoms with Crippen LogP contribution in [0.15, 0.2) is 46.2 Å². The summed E-state index contributed by atoms with van der Waals surface area (Å²) in [6.45, 7) is -0.0406. The highest BCUT2D eigenvalue weighted by molar-refractivity contribution is 7.63. The van der Waals surface area contributed by atoms with Crippen molar-refractivity contribution in [3.8, 4) is 0 Å². The molecule has 6 atom stereocenters. The van der Waals surface area contributed by atoms with Gasteiger partial charge in [0.15, 0.2) is 6.23 Å². The van der Waals surface area contributed by atoms with Crippen molar-refractivity contribution in [3.05, 3.63) is 63.2 Å². The second-order valence-electron chi connectivity index (χ2n) is 7.11. The lowest BCUT2D eigenvalue weighted by molar-refractivity contribution is -0.0550. The van der Waals surface area contributed by atoms with Gasteiger partial charge in [-0.1, -0.05) is 6.07 Å². The first-order valence-corrected chi connectivity index (χ1v) is 13.0. The minimum atomic E-state index is -4.48. The lowest BCUT2D eigenvalue weighted by atomic mass is 10.1. The first-order chi connectivity index (χ1) is 15.4. The maximum Gasteiger partial charge on any atom is 0.481 e. The average Bonchev–Trinajstić information content (AvgIpc) is 3.03. The van der Waals surface area contributed by atoms with E-state index in [2.05, 4.69) is 13.8 Å². The first kappa shape index (κ1) is 25.6. The number of pyridine rings is 1. The Balaban J connectivity index is 1.80. The zero-order valence-electron chi connectivity index (χ0n) is 17.5. The molecular weight excluding hydrogens is 484 g/mol. The van der Waals surface area contributed by atoms with Gasteiger partial charge in [-0.3, -0.25) is 32.5 Å². The molecule has 3 heterocycles. The van der Waals surface area contributed by atoms with Crippen LogP contribution in [0.2, 0.25) is 0 Å². The van der Waals surface area contributed by atoms with Gasteiger partial charge in [-0.2, -0.15) is 0 Å². The number of aliphatic hydroxyl groups excluding tert-OH is 2. The molecule has 5 unspecified atom stereocenters. The van der Waals surface area contributed by atoms with Crippen LogP contribution in [0, 0.1) is 0 Å². The summed E-state index contributed by atoms with van der Waals surface area (Å²) in [4.78, 5) is 38.5. The topological polar surface area (TPSA) is 189 Å². The van der Waals surface area contributed by atoms with Gasteiger partial charge >= 0.3 is 21.1 Å². The summed E-state index contributed by atoms with van der Waals surface area (Å²) < 4.78 is 44.9. The summed E-state index contributed by atoms with van der Waals surface area (Å²) in [5.74, 6) is 0. The largest absolute Gasteiger partial charge is 0.481 e. The number of hydrogen-bond acceptors (Lipinski definition) is 11. The maximum absolute atomic E-state index is 12.9. The van der Waals surface area contributed by atoms with Crippen LogP contribution in [-0.4, -0.2) is 67.9 Å². The minimum Gasteiger partial charge on any atom is -0.387 e. The Morgan fingerprint density at radius 3 is 2.52 bits per heavy atom. The number of aromatic nitrogens is 3. The highest BCUT2D eigenvalue weighted by atomic mass is 31.3. The maximum atomic E-state index is 12.9. The smallest absolute Gasteiger partial charge is 0.387 e. The van der Waals surface area contributed by atoms with Crippen molar-refractivity contribution in [1.29, 1.82) is 0 Å². The van der Waals surface area contributed by atoms with E-state index in [4.69, 9.17) is 9.26 Å². The van der Waals surface area contributed by atoms with E-state index in [-0.39, 0.29) is 6.54 Å². The Morgan fingerprint density at radius 1 is 1.18 bits per heavy atom. The highest BCUT2D eigenvalue weighted by Crippen LogP contribution is 2.61. The summed E-state index contributed by atoms with van der Waals surface area (Å²) in [5.41, 5.74) is -0.994. The fourth-order valence-corrected chi connectivity index (χ4v) is 5.46. The van der Waals surface area contributed by atoms with Crippen LogP contribution in [-0.2, 0) is 33.8 Å². The predicted octanol–water partition coefficient (Wildman–Crippen LogP) is -0.325. The van der Waals surface area contributed by atoms with Crippen LogP contribution in [0.3, 0.4) is 0 Å². The molecule has 3 N–H and O–H groups in total. The summed E-state index contributed by atoms with van der Waals surface area (Å²) in [6, 6.07) is 6.08. The van der Waals surface area contributed by atoms with Gasteiger partial charge in [0.05, 0.1) is 18.8 Å². The Morgan fingerprint density at radius 2 is 1.91 bits per heavy atom. The molecule has 16 heteroatoms. The third-order valence-electron chi connectivity index (χ3n) is 4.63. The summed E-state index contributed by atoms with van der Waals surface area (Å²) in [6.07, 6.45) is -3.37. The highest BCUT2D eigenvalue weighted by Gasteiger charge is 2.46. The molecule has 2 aromatic rings. The molecule has 14 nitrogen and oxygen atoms in total. The van der Waals surface area contributed by atoms with Gasteiger partial charge in [0.25, 0.3) is 5.56 Å². The number of hydrogen-bond donors (Lipinski definition) is 3. The fraction of sp³-hybridized carbons (Fsp3) is 0.471. The van der Waals surface area contributed by atoms with Crippen LogP contribution < -0.4 is 11.2 Å². The van der Waals surface area contributed by atoms with Gasteiger partial charge in [0.2, 0.25) is 0 Å². The molecule has 0 saturated carbocycles. The molecule has 2 aromatic heterocycles. The van der Waals surface area contributed by atoms with Crippen molar-refractivity contribution < 1.29 is 42.3 Å². The van der Waals surface area contributed by atoms with E-state index in [1.54, 1.807) is 18.2 Å². The average molecular weight is 507 g/mol. The third kappa shape index (κ3) is 6.12. The fourth-order valence-electron chi connectivity index (χ4n) is 3.08. The second kappa shape index (κ2) is 10.1. The predicted molar refractivity (Wildman–Crippen MR) is 112 cm³/mol. The van der Waals surface area contributed by atoms with E-state index in [0.717, 1.165) is 35.2 Å². The van der Waals surface area contributed by atoms with E-state index >= 15 is 0 Å². The Kier molecular flexibility index (Phi) is 7.84. The van der Waals surface area contributed by atoms with E-state index < -0.39 is 57.8 Å². The van der Waals surface area contributed by atoms with Gasteiger partial charge in [-0.15, -0.1) is 0 Å². The molecule has 0 spiro atoms. The lowest BCUT2D eigenvalue weighted by Gasteiger charge is -2.20. The standard InChI is InChI=1S/C17H23N3O11P2/c1-28-33(27,31-32(2,25)26)29-10-12-14(22)15(23)16(30-12)19-8-6-13(21)20(17(19)24)9-11-5-3-4-7-18-11/h3-8,12,14-16,22-23H,9-10H2,1-2H3,(H,25,26)/t12?,14-,15?,16?,33?/m0/s1. The van der Waals surface area contributed by atoms with E-state index in [1.807, 2.05) is 0 Å². The number of nitrogens with zero attached hydrogens (tertiary/aromatic N) is 3. The lowest BCUT2D eigenvalue weighted by Crippen LogP contribution is -2.43. The number of ether oxygens (including phenoxy) is 1. The van der Waals surface area contributed by atoms with Gasteiger partial charge in [0, 0.05) is 32.2 Å². The molecule has 0 bridgehead atoms. The number of phosphoric acid groups is 1. The Labute approximate surface area is 187 Å². The van der Waals surface area contributed by atoms with Crippen LogP contribution in [0.5, 0.6) is 0 Å². The molecule has 0 amide bonds. The van der Waals surface area contributed by atoms with Crippen LogP contribution in [0.1, 0.15) is 11.9 Å². The van der Waals surface area contributed by atoms with E-state index in [9.17, 15) is 33.8 Å². The normalized spacial score (nSPS) is 26.6. The van der Waals surface area contributed by atoms with Crippen LogP contribution in [0.25, 0.3) is 0 Å². The molecule has 3 rings (SSSR count). The van der Waals surface area contributed by atoms with Crippen LogP contribution in [0.4, 0.5) is 0 Å². The quantitative estimate of drug-likeness (QED) is 0.376. The molecule has 1 saturated heterocycles. The summed E-state index contributed by atoms with van der Waals surface area (Å²) in [7, 11) is -7.81. The van der Waals surface area contributed by atoms with Gasteiger partial charge in [0.1, 0.15) is 18.3 Å². The molecule has 1 aliphatic rings. The van der Waals surface area contributed by atoms with Crippen molar-refractivity contribution in [2.45, 2.75) is 31.1 Å². The minimum absolute atomic E-state index is 0.135. The molecule has 0 radical (unpaired) electrons. The molecule has 33 heavy (non-hydrogen) atoms. The summed E-state index contributed by atoms with van der Waals surface area (Å²) >= 11 is 0. The number of aliphatic hydroxyl groups is 2. The van der Waals surface area contributed by atoms with E-state index in [0.29, 0.717) is 5.69 Å². The van der Waals surface area contributed by atoms with Crippen molar-refractivity contribution in [2.24, 2.45) is 0 Å². The number of rotatable bonds is 9. The molecule has 1 aliphatic heterocycles. The SMILES string of the molecule is COP(=O)(OCC1OC(n2ccc(=O)n(Cc3ccccn3)c2=O)C(O)[C@H]1O)OP(C)(=O)O. The van der Waals surface area contributed by atoms with Crippen LogP contribution >= 0.6 is 15.4 Å². The second-order valence-corrected chi connectivity index (χ2v) is 10.9. The Bertz CT molecular complexity index is 1180. The van der Waals surface area contributed by atoms with Crippen molar-refractivity contribution in [2.75, 3.05) is 20.4 Å². The first-order valence-electron chi connectivity index (χ1n) is 9.49. The molecule has 0 aromatic carbocycles. The zero-order chi connectivity index (χ0) is 24.4. The van der Waals surface area contributed by atoms with Gasteiger partial charge in [-0.25, -0.2) is 13.7 Å².